The van der Waals surface area contributed by atoms with Gasteiger partial charge in [0.2, 0.25) is 0 Å². The fourth-order valence-electron chi connectivity index (χ4n) is 1.69. The Morgan fingerprint density at radius 3 is 2.52 bits per heavy atom. The monoisotopic (exact) mass is 290 g/mol. The van der Waals surface area contributed by atoms with Crippen molar-refractivity contribution in [1.29, 1.82) is 0 Å². The van der Waals surface area contributed by atoms with Gasteiger partial charge in [0.05, 0.1) is 19.8 Å². The quantitative estimate of drug-likeness (QED) is 0.511. The number of ether oxygens (including phenoxy) is 2. The molecule has 0 atom stereocenters. The molecular weight excluding hydrogens is 272 g/mol. The van der Waals surface area contributed by atoms with Crippen LogP contribution in [-0.2, 0) is 25.5 Å². The number of methoxy groups -OCH3 is 2. The summed E-state index contributed by atoms with van der Waals surface area (Å²) >= 11 is 0. The first-order valence-electron chi connectivity index (χ1n) is 6.40. The molecule has 1 aromatic rings. The Morgan fingerprint density at radius 2 is 1.95 bits per heavy atom. The van der Waals surface area contributed by atoms with E-state index in [9.17, 15) is 14.7 Å². The summed E-state index contributed by atoms with van der Waals surface area (Å²) in [5, 5.41) is 10.0. The third-order valence-corrected chi connectivity index (χ3v) is 2.87. The lowest BCUT2D eigenvalue weighted by Crippen LogP contribution is -2.06. The van der Waals surface area contributed by atoms with E-state index in [1.807, 2.05) is 13.0 Å². The van der Waals surface area contributed by atoms with Gasteiger partial charge in [0.1, 0.15) is 5.75 Å². The van der Waals surface area contributed by atoms with Crippen LogP contribution in [0.3, 0.4) is 0 Å². The first-order valence-corrected chi connectivity index (χ1v) is 6.40. The molecule has 0 fully saturated rings. The van der Waals surface area contributed by atoms with E-state index in [1.165, 1.54) is 20.3 Å². The minimum atomic E-state index is -0.664. The number of phenols is 1. The van der Waals surface area contributed by atoms with Crippen LogP contribution in [0.2, 0.25) is 0 Å². The number of carbonyl (C=O) groups is 2. The minimum absolute atomic E-state index is 0.0330. The van der Waals surface area contributed by atoms with Gasteiger partial charge in [0, 0.05) is 11.6 Å². The summed E-state index contributed by atoms with van der Waals surface area (Å²) in [5.41, 5.74) is 1.38. The van der Waals surface area contributed by atoms with Crippen molar-refractivity contribution in [3.63, 3.8) is 0 Å². The Bertz CT molecular complexity index is 584. The molecule has 0 saturated carbocycles. The highest BCUT2D eigenvalue weighted by atomic mass is 16.5. The van der Waals surface area contributed by atoms with Crippen molar-refractivity contribution in [2.45, 2.75) is 13.3 Å². The number of esters is 2. The largest absolute Gasteiger partial charge is 0.507 e. The number of hydrogen-bond acceptors (Lipinski definition) is 5. The third kappa shape index (κ3) is 4.49. The van der Waals surface area contributed by atoms with Crippen molar-refractivity contribution < 1.29 is 24.2 Å². The average molecular weight is 290 g/mol. The van der Waals surface area contributed by atoms with Gasteiger partial charge < -0.3 is 14.6 Å². The van der Waals surface area contributed by atoms with Gasteiger partial charge in [-0.15, -0.1) is 0 Å². The number of benzene rings is 1. The van der Waals surface area contributed by atoms with Gasteiger partial charge in [-0.1, -0.05) is 31.2 Å². The van der Waals surface area contributed by atoms with Crippen LogP contribution in [0.5, 0.6) is 5.75 Å². The number of para-hydroxylation sites is 1. The molecular formula is C16H18O5. The van der Waals surface area contributed by atoms with E-state index >= 15 is 0 Å². The summed E-state index contributed by atoms with van der Waals surface area (Å²) in [6, 6.07) is 5.33. The van der Waals surface area contributed by atoms with Crippen LogP contribution in [0, 0.1) is 0 Å². The summed E-state index contributed by atoms with van der Waals surface area (Å²) < 4.78 is 9.07. The summed E-state index contributed by atoms with van der Waals surface area (Å²) in [5.74, 6) is -1.17. The van der Waals surface area contributed by atoms with Crippen molar-refractivity contribution >= 4 is 18.0 Å². The maximum absolute atomic E-state index is 11.6. The molecule has 0 spiro atoms. The van der Waals surface area contributed by atoms with Crippen molar-refractivity contribution in [2.24, 2.45) is 0 Å². The minimum Gasteiger partial charge on any atom is -0.507 e. The van der Waals surface area contributed by atoms with E-state index in [1.54, 1.807) is 18.2 Å². The van der Waals surface area contributed by atoms with Crippen molar-refractivity contribution in [2.75, 3.05) is 14.2 Å². The van der Waals surface area contributed by atoms with Crippen LogP contribution in [-0.4, -0.2) is 31.3 Å². The Kier molecular flexibility index (Phi) is 6.20. The number of aryl methyl sites for hydroxylation is 1. The molecule has 112 valence electrons. The summed E-state index contributed by atoms with van der Waals surface area (Å²) in [7, 11) is 2.43. The molecule has 0 amide bonds. The molecule has 21 heavy (non-hydrogen) atoms. The second kappa shape index (κ2) is 7.89. The molecule has 5 nitrogen and oxygen atoms in total. The first kappa shape index (κ1) is 16.5. The van der Waals surface area contributed by atoms with Crippen molar-refractivity contribution in [3.8, 4) is 5.75 Å². The molecule has 1 N–H and O–H groups in total. The van der Waals surface area contributed by atoms with E-state index < -0.39 is 11.9 Å². The summed E-state index contributed by atoms with van der Waals surface area (Å²) in [6.07, 6.45) is 4.66. The normalized spacial score (nSPS) is 11.5. The smallest absolute Gasteiger partial charge is 0.338 e. The highest BCUT2D eigenvalue weighted by molar-refractivity contribution is 5.99. The second-order valence-electron chi connectivity index (χ2n) is 4.16. The SMILES string of the molecule is CCc1cccc(/C=C/C(=C/C(=O)OC)C(=O)OC)c1O. The van der Waals surface area contributed by atoms with Gasteiger partial charge in [-0.2, -0.15) is 0 Å². The fourth-order valence-corrected chi connectivity index (χ4v) is 1.69. The summed E-state index contributed by atoms with van der Waals surface area (Å²) in [4.78, 5) is 22.8. The van der Waals surface area contributed by atoms with E-state index in [0.717, 1.165) is 11.6 Å². The Balaban J connectivity index is 3.12. The lowest BCUT2D eigenvalue weighted by molar-refractivity contribution is -0.138. The van der Waals surface area contributed by atoms with Crippen molar-refractivity contribution in [3.05, 3.63) is 47.1 Å². The van der Waals surface area contributed by atoms with Gasteiger partial charge in [-0.05, 0) is 18.1 Å². The number of aromatic hydroxyl groups is 1. The van der Waals surface area contributed by atoms with Crippen LogP contribution in [0.4, 0.5) is 0 Å². The Hall–Kier alpha value is -2.56. The number of carbonyl (C=O) groups excluding carboxylic acids is 2. The maximum atomic E-state index is 11.6. The van der Waals surface area contributed by atoms with Gasteiger partial charge >= 0.3 is 11.9 Å². The highest BCUT2D eigenvalue weighted by Crippen LogP contribution is 2.24. The van der Waals surface area contributed by atoms with Crippen molar-refractivity contribution in [1.82, 2.24) is 0 Å². The lowest BCUT2D eigenvalue weighted by Gasteiger charge is -2.05. The zero-order valence-corrected chi connectivity index (χ0v) is 12.3. The van der Waals surface area contributed by atoms with E-state index in [4.69, 9.17) is 0 Å². The molecule has 0 radical (unpaired) electrons. The molecule has 0 aliphatic carbocycles. The van der Waals surface area contributed by atoms with E-state index in [-0.39, 0.29) is 11.3 Å². The molecule has 1 aromatic carbocycles. The van der Waals surface area contributed by atoms with E-state index in [0.29, 0.717) is 12.0 Å². The molecule has 5 heteroatoms. The molecule has 0 bridgehead atoms. The Labute approximate surface area is 123 Å². The van der Waals surface area contributed by atoms with Crippen LogP contribution >= 0.6 is 0 Å². The number of hydrogen-bond donors (Lipinski definition) is 1. The zero-order valence-electron chi connectivity index (χ0n) is 12.3. The first-order chi connectivity index (χ1) is 10.0. The molecule has 0 aliphatic rings. The highest BCUT2D eigenvalue weighted by Gasteiger charge is 2.10. The van der Waals surface area contributed by atoms with Gasteiger partial charge in [-0.25, -0.2) is 9.59 Å². The van der Waals surface area contributed by atoms with Gasteiger partial charge in [0.15, 0.2) is 0 Å². The predicted octanol–water partition coefficient (Wildman–Crippen LogP) is 2.24. The van der Waals surface area contributed by atoms with Gasteiger partial charge in [-0.3, -0.25) is 0 Å². The number of rotatable bonds is 5. The molecule has 0 aromatic heterocycles. The maximum Gasteiger partial charge on any atom is 0.338 e. The van der Waals surface area contributed by atoms with Gasteiger partial charge in [0.25, 0.3) is 0 Å². The molecule has 0 aliphatic heterocycles. The number of phenolic OH excluding ortho intramolecular Hbond substituents is 1. The average Bonchev–Trinajstić information content (AvgIpc) is 2.51. The van der Waals surface area contributed by atoms with Crippen LogP contribution in [0.25, 0.3) is 6.08 Å². The standard InChI is InChI=1S/C16H18O5/c1-4-11-6-5-7-12(15(11)18)8-9-13(16(19)21-3)10-14(17)20-2/h5-10,18H,4H2,1-3H3/b9-8+,13-10-. The van der Waals surface area contributed by atoms with Crippen LogP contribution in [0.15, 0.2) is 35.9 Å². The van der Waals surface area contributed by atoms with E-state index in [2.05, 4.69) is 9.47 Å². The van der Waals surface area contributed by atoms with Crippen LogP contribution in [0.1, 0.15) is 18.1 Å². The van der Waals surface area contributed by atoms with Crippen LogP contribution < -0.4 is 0 Å². The molecule has 0 saturated heterocycles. The molecule has 0 heterocycles. The fraction of sp³-hybridized carbons (Fsp3) is 0.250. The third-order valence-electron chi connectivity index (χ3n) is 2.87. The Morgan fingerprint density at radius 1 is 1.24 bits per heavy atom. The zero-order chi connectivity index (χ0) is 15.8. The lowest BCUT2D eigenvalue weighted by atomic mass is 10.1. The molecule has 0 unspecified atom stereocenters. The summed E-state index contributed by atoms with van der Waals surface area (Å²) in [6.45, 7) is 1.93. The topological polar surface area (TPSA) is 72.8 Å². The predicted molar refractivity (Wildman–Crippen MR) is 78.6 cm³/mol. The molecule has 1 rings (SSSR count). The second-order valence-corrected chi connectivity index (χ2v) is 4.16.